The Balaban J connectivity index is 4.11. The summed E-state index contributed by atoms with van der Waals surface area (Å²) in [6, 6.07) is 0. The maximum Gasteiger partial charge on any atom is 0.256 e. The van der Waals surface area contributed by atoms with Crippen LogP contribution in [0.2, 0.25) is 0 Å². The van der Waals surface area contributed by atoms with E-state index in [0.717, 1.165) is 0 Å². The van der Waals surface area contributed by atoms with Crippen molar-refractivity contribution >= 4 is 19.7 Å². The first-order chi connectivity index (χ1) is 4.88. The Kier molecular flexibility index (Phi) is 4.02. The molecule has 1 atom stereocenters. The number of rotatable bonds is 4. The molecule has 4 nitrogen and oxygen atoms in total. The molecule has 0 saturated carbocycles. The van der Waals surface area contributed by atoms with Gasteiger partial charge >= 0.3 is 0 Å². The van der Waals surface area contributed by atoms with Gasteiger partial charge in [-0.1, -0.05) is 6.58 Å². The highest BCUT2D eigenvalue weighted by molar-refractivity contribution is 8.16. The molecule has 0 aromatic carbocycles. The van der Waals surface area contributed by atoms with Crippen molar-refractivity contribution in [3.8, 4) is 0 Å². The largest absolute Gasteiger partial charge is 0.394 e. The van der Waals surface area contributed by atoms with Crippen LogP contribution in [0.1, 0.15) is 6.42 Å². The van der Waals surface area contributed by atoms with Crippen LogP contribution in [0.4, 0.5) is 0 Å². The van der Waals surface area contributed by atoms with Gasteiger partial charge in [0.05, 0.1) is 17.6 Å². The van der Waals surface area contributed by atoms with Gasteiger partial charge in [-0.25, -0.2) is 8.42 Å². The third-order valence-corrected chi connectivity index (χ3v) is 2.53. The van der Waals surface area contributed by atoms with E-state index in [1.165, 1.54) is 0 Å². The van der Waals surface area contributed by atoms with Crippen molar-refractivity contribution in [2.45, 2.75) is 12.5 Å². The number of halogens is 1. The second-order valence-corrected chi connectivity index (χ2v) is 4.69. The zero-order valence-corrected chi connectivity index (χ0v) is 7.27. The molecule has 0 saturated heterocycles. The summed E-state index contributed by atoms with van der Waals surface area (Å²) < 4.78 is 20.9. The quantitative estimate of drug-likeness (QED) is 0.617. The van der Waals surface area contributed by atoms with Crippen molar-refractivity contribution in [3.05, 3.63) is 11.5 Å². The van der Waals surface area contributed by atoms with Crippen LogP contribution in [0.25, 0.3) is 0 Å². The summed E-state index contributed by atoms with van der Waals surface area (Å²) in [6.45, 7) is 2.61. The monoisotopic (exact) mass is 200 g/mol. The summed E-state index contributed by atoms with van der Waals surface area (Å²) in [7, 11) is 1.06. The van der Waals surface area contributed by atoms with Gasteiger partial charge in [-0.05, 0) is 0 Å². The molecule has 0 aromatic heterocycles. The van der Waals surface area contributed by atoms with E-state index in [0.29, 0.717) is 0 Å². The lowest BCUT2D eigenvalue weighted by atomic mass is 10.3. The van der Waals surface area contributed by atoms with Crippen LogP contribution in [0.15, 0.2) is 11.5 Å². The predicted octanol–water partition coefficient (Wildman–Crippen LogP) is -0.188. The van der Waals surface area contributed by atoms with Gasteiger partial charge in [0.1, 0.15) is 0 Å². The molecule has 0 aliphatic rings. The standard InChI is InChI=1S/C5H9ClO4S/c1-4(11(6,9)10)2-5(8)3-7/h5,7-8H,1-3H2. The van der Waals surface area contributed by atoms with Crippen molar-refractivity contribution in [2.24, 2.45) is 0 Å². The van der Waals surface area contributed by atoms with Gasteiger partial charge in [0.15, 0.2) is 0 Å². The average molecular weight is 201 g/mol. The first-order valence-corrected chi connectivity index (χ1v) is 5.10. The SMILES string of the molecule is C=C(CC(O)CO)S(=O)(=O)Cl. The molecule has 0 aliphatic carbocycles. The number of aliphatic hydroxyl groups is 2. The lowest BCUT2D eigenvalue weighted by Gasteiger charge is -2.05. The zero-order chi connectivity index (χ0) is 9.07. The lowest BCUT2D eigenvalue weighted by molar-refractivity contribution is 0.0968. The molecule has 66 valence electrons. The fourth-order valence-corrected chi connectivity index (χ4v) is 1.01. The lowest BCUT2D eigenvalue weighted by Crippen LogP contribution is -2.14. The highest BCUT2D eigenvalue weighted by atomic mass is 35.7. The molecule has 0 amide bonds. The van der Waals surface area contributed by atoms with Crippen molar-refractivity contribution in [2.75, 3.05) is 6.61 Å². The van der Waals surface area contributed by atoms with Crippen LogP contribution < -0.4 is 0 Å². The van der Waals surface area contributed by atoms with Crippen LogP contribution in [0.3, 0.4) is 0 Å². The molecule has 0 spiro atoms. The van der Waals surface area contributed by atoms with Crippen molar-refractivity contribution in [1.29, 1.82) is 0 Å². The van der Waals surface area contributed by atoms with Crippen LogP contribution >= 0.6 is 10.7 Å². The van der Waals surface area contributed by atoms with Gasteiger partial charge in [-0.15, -0.1) is 0 Å². The molecule has 6 heteroatoms. The van der Waals surface area contributed by atoms with E-state index in [1.807, 2.05) is 0 Å². The average Bonchev–Trinajstić information content (AvgIpc) is 1.85. The highest BCUT2D eigenvalue weighted by Crippen LogP contribution is 2.14. The van der Waals surface area contributed by atoms with Gasteiger partial charge in [-0.2, -0.15) is 0 Å². The maximum absolute atomic E-state index is 10.5. The highest BCUT2D eigenvalue weighted by Gasteiger charge is 2.14. The fraction of sp³-hybridized carbons (Fsp3) is 0.600. The Hall–Kier alpha value is -0.100. The van der Waals surface area contributed by atoms with E-state index in [2.05, 4.69) is 6.58 Å². The molecule has 0 rings (SSSR count). The van der Waals surface area contributed by atoms with Gasteiger partial charge in [-0.3, -0.25) is 0 Å². The molecular formula is C5H9ClO4S. The smallest absolute Gasteiger partial charge is 0.256 e. The molecule has 0 fully saturated rings. The summed E-state index contributed by atoms with van der Waals surface area (Å²) >= 11 is 0. The Labute approximate surface area is 69.5 Å². The minimum absolute atomic E-state index is 0.234. The minimum Gasteiger partial charge on any atom is -0.394 e. The zero-order valence-electron chi connectivity index (χ0n) is 5.70. The molecule has 0 bridgehead atoms. The number of hydrogen-bond donors (Lipinski definition) is 2. The molecule has 0 radical (unpaired) electrons. The maximum atomic E-state index is 10.5. The molecule has 1 unspecified atom stereocenters. The summed E-state index contributed by atoms with van der Waals surface area (Å²) in [5, 5.41) is 17.1. The summed E-state index contributed by atoms with van der Waals surface area (Å²) in [5.74, 6) is 0. The molecule has 0 aromatic rings. The van der Waals surface area contributed by atoms with E-state index in [9.17, 15) is 8.42 Å². The Morgan fingerprint density at radius 2 is 2.09 bits per heavy atom. The van der Waals surface area contributed by atoms with Crippen LogP contribution in [-0.4, -0.2) is 31.3 Å². The third kappa shape index (κ3) is 4.36. The first-order valence-electron chi connectivity index (χ1n) is 2.79. The van der Waals surface area contributed by atoms with E-state index in [4.69, 9.17) is 20.9 Å². The van der Waals surface area contributed by atoms with Gasteiger partial charge in [0.2, 0.25) is 0 Å². The molecule has 0 heterocycles. The van der Waals surface area contributed by atoms with E-state index in [-0.39, 0.29) is 11.3 Å². The molecule has 0 aliphatic heterocycles. The van der Waals surface area contributed by atoms with Crippen LogP contribution in [-0.2, 0) is 9.05 Å². The van der Waals surface area contributed by atoms with Crippen molar-refractivity contribution in [1.82, 2.24) is 0 Å². The van der Waals surface area contributed by atoms with E-state index >= 15 is 0 Å². The molecule has 2 N–H and O–H groups in total. The van der Waals surface area contributed by atoms with Gasteiger partial charge in [0, 0.05) is 17.1 Å². The molecule has 11 heavy (non-hydrogen) atoms. The Morgan fingerprint density at radius 1 is 1.64 bits per heavy atom. The summed E-state index contributed by atoms with van der Waals surface area (Å²) in [6.07, 6.45) is -1.35. The molecular weight excluding hydrogens is 192 g/mol. The van der Waals surface area contributed by atoms with E-state index < -0.39 is 21.8 Å². The van der Waals surface area contributed by atoms with Crippen LogP contribution in [0, 0.1) is 0 Å². The number of aliphatic hydroxyl groups excluding tert-OH is 2. The summed E-state index contributed by atoms with van der Waals surface area (Å²) in [4.78, 5) is -0.291. The normalized spacial score (nSPS) is 14.5. The van der Waals surface area contributed by atoms with Crippen molar-refractivity contribution in [3.63, 3.8) is 0 Å². The fourth-order valence-electron chi connectivity index (χ4n) is 0.427. The Bertz CT molecular complexity index is 233. The van der Waals surface area contributed by atoms with Crippen LogP contribution in [0.5, 0.6) is 0 Å². The topological polar surface area (TPSA) is 74.6 Å². The predicted molar refractivity (Wildman–Crippen MR) is 41.6 cm³/mol. The third-order valence-electron chi connectivity index (χ3n) is 1.02. The number of hydrogen-bond acceptors (Lipinski definition) is 4. The Morgan fingerprint density at radius 3 is 2.36 bits per heavy atom. The minimum atomic E-state index is -3.80. The second kappa shape index (κ2) is 4.06. The van der Waals surface area contributed by atoms with E-state index in [1.54, 1.807) is 0 Å². The second-order valence-electron chi connectivity index (χ2n) is 2.02. The van der Waals surface area contributed by atoms with Gasteiger partial charge < -0.3 is 10.2 Å². The first kappa shape index (κ1) is 10.9. The van der Waals surface area contributed by atoms with Gasteiger partial charge in [0.25, 0.3) is 9.05 Å². The summed E-state index contributed by atoms with van der Waals surface area (Å²) in [5.41, 5.74) is 0. The van der Waals surface area contributed by atoms with Crippen molar-refractivity contribution < 1.29 is 18.6 Å².